The smallest absolute Gasteiger partial charge is 0.419 e. The Hall–Kier alpha value is -10.7. The van der Waals surface area contributed by atoms with Gasteiger partial charge in [0.2, 0.25) is 0 Å². The number of aryl methyl sites for hydroxylation is 4. The number of hydrogen-bond donors (Lipinski definition) is 4. The number of ether oxygens (including phenoxy) is 11. The van der Waals surface area contributed by atoms with Gasteiger partial charge >= 0.3 is 42.0 Å². The SMILES string of the molecule is CCc1ccc(OCCCC(=O)OC)cc1.COC(=O)CCCBr.COC(=O)CCCOc1ccc(/C=C/c2cc(C)cn2C(=O)OC(C)(C)C)cc1.COC(=O)CCCOc1ccc(CCl)cc1.COC(=O)CCCOc1ccc(CO)cc1.Cc1c[nH]c(C=O)c1.Cc1cc(C=O)n(C(=O)OC(C)(C)C)c1.OCc1ccc(O)cc1.[Cl-]. The zero-order chi connectivity index (χ0) is 87.6. The van der Waals surface area contributed by atoms with E-state index in [0.717, 1.165) is 92.1 Å². The number of aromatic hydroxyl groups is 1. The number of rotatable bonds is 31. The van der Waals surface area contributed by atoms with Gasteiger partial charge < -0.3 is 84.8 Å². The number of nitrogens with one attached hydrogen (secondary N) is 1. The molecule has 0 saturated heterocycles. The number of hydrogen-bond acceptors (Lipinski definition) is 23. The molecule has 3 aromatic heterocycles. The second-order valence-electron chi connectivity index (χ2n) is 27.2. The molecule has 0 radical (unpaired) electrons. The number of aromatic nitrogens is 3. The van der Waals surface area contributed by atoms with Gasteiger partial charge in [-0.3, -0.25) is 38.1 Å². The third-order valence-electron chi connectivity index (χ3n) is 15.0. The summed E-state index contributed by atoms with van der Waals surface area (Å²) in [4.78, 5) is 101. The van der Waals surface area contributed by atoms with Crippen molar-refractivity contribution in [3.63, 3.8) is 0 Å². The highest BCUT2D eigenvalue weighted by molar-refractivity contribution is 9.09. The molecule has 118 heavy (non-hydrogen) atoms. The molecule has 0 saturated carbocycles. The molecule has 8 aromatic rings. The molecule has 0 aliphatic rings. The summed E-state index contributed by atoms with van der Waals surface area (Å²) in [6.45, 7) is 20.7. The zero-order valence-corrected chi connectivity index (χ0v) is 73.4. The number of methoxy groups -OCH3 is 5. The Labute approximate surface area is 713 Å². The van der Waals surface area contributed by atoms with Gasteiger partial charge in [0.1, 0.15) is 39.9 Å². The van der Waals surface area contributed by atoms with Crippen LogP contribution in [0, 0.1) is 20.8 Å². The Bertz CT molecular complexity index is 4000. The molecular weight excluding hydrogens is 1630 g/mol. The lowest BCUT2D eigenvalue weighted by Crippen LogP contribution is -3.00. The number of aldehydes is 2. The number of alkyl halides is 2. The van der Waals surface area contributed by atoms with Crippen LogP contribution in [-0.2, 0) is 82.6 Å². The van der Waals surface area contributed by atoms with Gasteiger partial charge in [0, 0.05) is 61.9 Å². The summed E-state index contributed by atoms with van der Waals surface area (Å²) < 4.78 is 57.9. The number of aliphatic hydroxyl groups is 2. The first-order chi connectivity index (χ1) is 55.7. The lowest BCUT2D eigenvalue weighted by atomic mass is 10.2. The number of benzene rings is 5. The molecule has 0 atom stereocenters. The fourth-order valence-electron chi connectivity index (χ4n) is 8.98. The van der Waals surface area contributed by atoms with E-state index in [1.54, 1.807) is 100 Å². The van der Waals surface area contributed by atoms with Crippen LogP contribution in [-0.4, -0.2) is 163 Å². The number of phenols is 1. The molecule has 0 unspecified atom stereocenters. The summed E-state index contributed by atoms with van der Waals surface area (Å²) in [5, 5.41) is 27.0. The Balaban J connectivity index is 0.00000137. The number of aromatic amines is 1. The maximum absolute atomic E-state index is 12.4. The van der Waals surface area contributed by atoms with Crippen LogP contribution >= 0.6 is 27.5 Å². The van der Waals surface area contributed by atoms with Crippen LogP contribution in [0.1, 0.15) is 184 Å². The molecule has 3 heterocycles. The van der Waals surface area contributed by atoms with E-state index in [0.29, 0.717) is 108 Å². The molecule has 0 bridgehead atoms. The van der Waals surface area contributed by atoms with E-state index in [1.807, 2.05) is 120 Å². The molecule has 4 N–H and O–H groups in total. The normalized spacial score (nSPS) is 10.2. The Morgan fingerprint density at radius 3 is 1.08 bits per heavy atom. The summed E-state index contributed by atoms with van der Waals surface area (Å²) in [6, 6.07) is 42.2. The highest BCUT2D eigenvalue weighted by atomic mass is 79.9. The highest BCUT2D eigenvalue weighted by Gasteiger charge is 2.21. The average Bonchev–Trinajstić information content (AvgIpc) is 1.70. The maximum Gasteiger partial charge on any atom is 0.419 e. The van der Waals surface area contributed by atoms with E-state index in [2.05, 4.69) is 63.7 Å². The molecule has 5 aromatic carbocycles. The van der Waals surface area contributed by atoms with Crippen molar-refractivity contribution in [1.82, 2.24) is 14.1 Å². The lowest BCUT2D eigenvalue weighted by Gasteiger charge is -2.20. The summed E-state index contributed by atoms with van der Waals surface area (Å²) in [7, 11) is 6.93. The fraction of sp³-hybridized carbons (Fsp3) is 0.404. The second-order valence-corrected chi connectivity index (χ2v) is 28.3. The Kier molecular flexibility index (Phi) is 56.8. The number of carbonyl (C=O) groups excluding carboxylic acids is 9. The number of phenolic OH excluding ortho intramolecular Hbond substituents is 1. The fourth-order valence-corrected chi connectivity index (χ4v) is 9.44. The number of esters is 5. The molecule has 0 spiro atoms. The number of carbonyl (C=O) groups is 9. The van der Waals surface area contributed by atoms with Crippen molar-refractivity contribution >= 4 is 94.3 Å². The van der Waals surface area contributed by atoms with Gasteiger partial charge in [-0.05, 0) is 230 Å². The van der Waals surface area contributed by atoms with E-state index >= 15 is 0 Å². The van der Waals surface area contributed by atoms with E-state index in [-0.39, 0.29) is 61.2 Å². The monoisotopic (exact) mass is 1740 g/mol. The van der Waals surface area contributed by atoms with Crippen molar-refractivity contribution in [3.8, 4) is 28.7 Å². The summed E-state index contributed by atoms with van der Waals surface area (Å²) in [6.07, 6.45) is 15.9. The molecule has 26 nitrogen and oxygen atoms in total. The van der Waals surface area contributed by atoms with Crippen molar-refractivity contribution in [3.05, 3.63) is 220 Å². The number of H-pyrrole nitrogens is 1. The quantitative estimate of drug-likeness (QED) is 0.0103. The first-order valence-corrected chi connectivity index (χ1v) is 39.3. The van der Waals surface area contributed by atoms with Crippen LogP contribution in [0.5, 0.6) is 28.7 Å². The maximum atomic E-state index is 12.4. The van der Waals surface area contributed by atoms with Gasteiger partial charge in [-0.1, -0.05) is 89.6 Å². The van der Waals surface area contributed by atoms with Crippen LogP contribution in [0.2, 0.25) is 0 Å². The van der Waals surface area contributed by atoms with Gasteiger partial charge in [-0.2, -0.15) is 0 Å². The van der Waals surface area contributed by atoms with Crippen LogP contribution in [0.25, 0.3) is 12.2 Å². The van der Waals surface area contributed by atoms with Crippen LogP contribution in [0.4, 0.5) is 9.59 Å². The predicted octanol–water partition coefficient (Wildman–Crippen LogP) is 14.7. The number of aliphatic hydroxyl groups excluding tert-OH is 2. The first-order valence-electron chi connectivity index (χ1n) is 37.7. The van der Waals surface area contributed by atoms with Gasteiger partial charge in [-0.25, -0.2) is 14.2 Å². The minimum atomic E-state index is -0.560. The van der Waals surface area contributed by atoms with E-state index in [4.69, 9.17) is 55.3 Å². The van der Waals surface area contributed by atoms with Crippen LogP contribution in [0.3, 0.4) is 0 Å². The number of nitrogens with zero attached hydrogens (tertiary/aromatic N) is 2. The van der Waals surface area contributed by atoms with Gasteiger partial charge in [0.25, 0.3) is 0 Å². The molecule has 0 fully saturated rings. The zero-order valence-electron chi connectivity index (χ0n) is 70.3. The van der Waals surface area contributed by atoms with Crippen molar-refractivity contribution in [2.75, 3.05) is 67.3 Å². The molecule has 8 rings (SSSR count). The van der Waals surface area contributed by atoms with E-state index in [9.17, 15) is 43.2 Å². The molecular formula is C89H117BrCl2N3O23-. The van der Waals surface area contributed by atoms with Crippen molar-refractivity contribution < 1.29 is 123 Å². The topological polar surface area (TPSA) is 341 Å². The largest absolute Gasteiger partial charge is 1.00 e. The Morgan fingerprint density at radius 2 is 0.780 bits per heavy atom. The third-order valence-corrected chi connectivity index (χ3v) is 15.9. The molecule has 29 heteroatoms. The highest BCUT2D eigenvalue weighted by Crippen LogP contribution is 2.21. The Morgan fingerprint density at radius 1 is 0.449 bits per heavy atom. The number of halogens is 3. The third kappa shape index (κ3) is 51.4. The minimum Gasteiger partial charge on any atom is -1.00 e. The summed E-state index contributed by atoms with van der Waals surface area (Å²) in [5.74, 6) is 2.85. The lowest BCUT2D eigenvalue weighted by molar-refractivity contribution is -0.141. The molecule has 0 aliphatic heterocycles. The molecule has 648 valence electrons. The van der Waals surface area contributed by atoms with Crippen molar-refractivity contribution in [2.45, 2.75) is 170 Å². The van der Waals surface area contributed by atoms with Crippen molar-refractivity contribution in [2.24, 2.45) is 0 Å². The van der Waals surface area contributed by atoms with Gasteiger partial charge in [0.15, 0.2) is 12.6 Å². The van der Waals surface area contributed by atoms with E-state index < -0.39 is 23.4 Å². The van der Waals surface area contributed by atoms with E-state index in [1.165, 1.54) is 50.2 Å². The average molecular weight is 1750 g/mol. The second kappa shape index (κ2) is 62.5. The first kappa shape index (κ1) is 107. The summed E-state index contributed by atoms with van der Waals surface area (Å²) in [5.41, 5.74) is 8.49. The minimum absolute atomic E-state index is 0. The van der Waals surface area contributed by atoms with Crippen LogP contribution < -0.4 is 31.4 Å². The van der Waals surface area contributed by atoms with Crippen LogP contribution in [0.15, 0.2) is 158 Å². The standard InChI is InChI=1S/C23H29NO5.C13H18O3.C12H15ClO3.C12H16O4.C11H15NO3.C7H8O2.C6H7NO.C5H9BrO2.ClH/c1-17-15-19(24(16-17)22(26)29-23(2,3)4)11-8-18-9-12-20(13-10-18)28-14-6-7-21(25)27-5;1-3-11-6-8-12(9-7-11)16-10-4-5-13(14)15-2;2*1-15-12(14)3-2-8-16-11-6-4-10(9-13)5-7-11;1-8-5-9(7-13)12(6-8)10(14)15-11(2,3)4;8-5-6-1-3-7(9)4-2-6;1-5-2-6(4-8)7-3-5;1-8-5(7)3-2-4-6;/h8-13,15-16H,6-7,14H2,1-5H3;6-9H,3-5,10H2,1-2H3;4-7H,2-3,8-9H2,1H3;4-7,13H,2-3,8-9H2,1H3;5-7H,1-4H3;1-4,8-9H,5H2;2-4,7H,1H3;2-4H2,1H3;1H/p-1/b11-8+;;;;;;;;. The van der Waals surface area contributed by atoms with Gasteiger partial charge in [-0.15, -0.1) is 11.6 Å². The molecule has 0 amide bonds. The summed E-state index contributed by atoms with van der Waals surface area (Å²) >= 11 is 8.86. The predicted molar refractivity (Wildman–Crippen MR) is 454 cm³/mol. The molecule has 0 aliphatic carbocycles. The van der Waals surface area contributed by atoms with Crippen molar-refractivity contribution in [1.29, 1.82) is 0 Å². The van der Waals surface area contributed by atoms with Gasteiger partial charge in [0.05, 0.1) is 92.3 Å².